The van der Waals surface area contributed by atoms with Crippen molar-refractivity contribution in [2.24, 2.45) is 0 Å². The SMILES string of the molecule is CCCCC/C=C\C/C=C\C/C=C\CCCCCCCCC(=O)NC(COP(=O)([O-])OCC[N+](C)(C)C)C(/C=C\CCCCCCCCCCC)OC(=O)CCCCCCCCCCCCCCCCC/C=C\C/C=C\CCCCC. The summed E-state index contributed by atoms with van der Waals surface area (Å²) < 4.78 is 30.4. The number of quaternary nitrogens is 1. The van der Waals surface area contributed by atoms with E-state index >= 15 is 0 Å². The molecule has 0 radical (unpaired) electrons. The lowest BCUT2D eigenvalue weighted by atomic mass is 10.0. The van der Waals surface area contributed by atoms with Gasteiger partial charge in [-0.05, 0) is 102 Å². The Bertz CT molecular complexity index is 1620. The first-order chi connectivity index (χ1) is 39.4. The van der Waals surface area contributed by atoms with Gasteiger partial charge in [0, 0.05) is 12.8 Å². The summed E-state index contributed by atoms with van der Waals surface area (Å²) in [5.41, 5.74) is 0. The summed E-state index contributed by atoms with van der Waals surface area (Å²) in [5.74, 6) is -0.549. The number of hydrogen-bond donors (Lipinski definition) is 1. The number of allylic oxidation sites excluding steroid dienone is 11. The number of esters is 1. The standard InChI is InChI=1S/C71H131N2O7P/c1-7-10-13-16-19-22-25-27-29-31-33-34-35-36-37-38-40-42-44-46-49-52-55-58-61-64-71(75)80-69(62-59-56-53-50-47-24-21-18-15-12-9-3)68(67-79-81(76,77)78-66-65-73(4,5)6)72-70(74)63-60-57-54-51-48-45-43-41-39-32-30-28-26-23-20-17-14-11-8-2/h19-20,22-23,27-30,39,41,59,62,68-69H,7-18,21,24-26,31-38,40,42-58,60-61,63-67H2,1-6H3,(H-,72,74,76,77)/b22-19-,23-20-,29-27-,30-28-,41-39-,62-59-. The maximum atomic E-state index is 13.6. The van der Waals surface area contributed by atoms with Gasteiger partial charge in [-0.1, -0.05) is 274 Å². The Morgan fingerprint density at radius 1 is 0.432 bits per heavy atom. The predicted molar refractivity (Wildman–Crippen MR) is 348 cm³/mol. The third kappa shape index (κ3) is 61.8. The van der Waals surface area contributed by atoms with E-state index in [1.54, 1.807) is 0 Å². The first-order valence-corrected chi connectivity index (χ1v) is 35.7. The van der Waals surface area contributed by atoms with Gasteiger partial charge in [0.15, 0.2) is 0 Å². The lowest BCUT2D eigenvalue weighted by Crippen LogP contribution is -2.47. The molecule has 0 aliphatic carbocycles. The molecule has 0 aliphatic rings. The average Bonchev–Trinajstić information content (AvgIpc) is 3.43. The third-order valence-electron chi connectivity index (χ3n) is 15.1. The summed E-state index contributed by atoms with van der Waals surface area (Å²) in [6, 6.07) is -0.897. The van der Waals surface area contributed by atoms with E-state index in [1.807, 2.05) is 33.3 Å². The fraction of sp³-hybridized carbons (Fsp3) is 0.803. The van der Waals surface area contributed by atoms with Gasteiger partial charge in [0.25, 0.3) is 7.82 Å². The van der Waals surface area contributed by atoms with Crippen LogP contribution in [0.5, 0.6) is 0 Å². The summed E-state index contributed by atoms with van der Waals surface area (Å²) in [7, 11) is 1.18. The molecule has 1 amide bonds. The summed E-state index contributed by atoms with van der Waals surface area (Å²) in [4.78, 5) is 40.1. The number of amides is 1. The Morgan fingerprint density at radius 3 is 1.15 bits per heavy atom. The summed E-state index contributed by atoms with van der Waals surface area (Å²) in [6.45, 7) is 6.80. The molecule has 0 rings (SSSR count). The highest BCUT2D eigenvalue weighted by Gasteiger charge is 2.27. The molecule has 472 valence electrons. The van der Waals surface area contributed by atoms with Gasteiger partial charge in [-0.3, -0.25) is 14.2 Å². The van der Waals surface area contributed by atoms with Crippen LogP contribution in [0.15, 0.2) is 72.9 Å². The van der Waals surface area contributed by atoms with Crippen molar-refractivity contribution in [3.05, 3.63) is 72.9 Å². The van der Waals surface area contributed by atoms with Gasteiger partial charge in [-0.25, -0.2) is 0 Å². The van der Waals surface area contributed by atoms with E-state index in [4.69, 9.17) is 13.8 Å². The highest BCUT2D eigenvalue weighted by Crippen LogP contribution is 2.38. The van der Waals surface area contributed by atoms with Crippen LogP contribution in [0.25, 0.3) is 0 Å². The van der Waals surface area contributed by atoms with Crippen LogP contribution in [0.3, 0.4) is 0 Å². The van der Waals surface area contributed by atoms with Crippen LogP contribution in [0.1, 0.15) is 316 Å². The number of ether oxygens (including phenoxy) is 1. The zero-order chi connectivity index (χ0) is 59.3. The minimum atomic E-state index is -4.71. The molecule has 0 bridgehead atoms. The lowest BCUT2D eigenvalue weighted by molar-refractivity contribution is -0.870. The molecule has 3 unspecified atom stereocenters. The second-order valence-corrected chi connectivity index (χ2v) is 25.7. The van der Waals surface area contributed by atoms with Crippen LogP contribution < -0.4 is 10.2 Å². The van der Waals surface area contributed by atoms with Crippen molar-refractivity contribution in [3.63, 3.8) is 0 Å². The fourth-order valence-electron chi connectivity index (χ4n) is 9.80. The van der Waals surface area contributed by atoms with E-state index in [9.17, 15) is 19.0 Å². The van der Waals surface area contributed by atoms with Crippen molar-refractivity contribution in [2.45, 2.75) is 328 Å². The number of unbranched alkanes of at least 4 members (excludes halogenated alkanes) is 36. The van der Waals surface area contributed by atoms with Gasteiger partial charge in [-0.15, -0.1) is 0 Å². The van der Waals surface area contributed by atoms with Crippen LogP contribution >= 0.6 is 7.82 Å². The van der Waals surface area contributed by atoms with Gasteiger partial charge in [0.2, 0.25) is 5.91 Å². The monoisotopic (exact) mass is 1150 g/mol. The topological polar surface area (TPSA) is 114 Å². The molecule has 1 N–H and O–H groups in total. The largest absolute Gasteiger partial charge is 0.756 e. The van der Waals surface area contributed by atoms with Crippen LogP contribution in [0.2, 0.25) is 0 Å². The van der Waals surface area contributed by atoms with E-state index in [1.165, 1.54) is 180 Å². The number of hydrogen-bond acceptors (Lipinski definition) is 7. The fourth-order valence-corrected chi connectivity index (χ4v) is 10.5. The van der Waals surface area contributed by atoms with E-state index in [0.29, 0.717) is 17.4 Å². The molecule has 0 saturated heterocycles. The molecule has 0 aromatic heterocycles. The summed E-state index contributed by atoms with van der Waals surface area (Å²) in [6.07, 6.45) is 78.8. The van der Waals surface area contributed by atoms with Gasteiger partial charge < -0.3 is 28.5 Å². The number of phosphoric ester groups is 1. The Morgan fingerprint density at radius 2 is 0.753 bits per heavy atom. The third-order valence-corrected chi connectivity index (χ3v) is 16.1. The maximum absolute atomic E-state index is 13.6. The Balaban J connectivity index is 5.06. The van der Waals surface area contributed by atoms with Crippen LogP contribution in [0, 0.1) is 0 Å². The van der Waals surface area contributed by atoms with Crippen LogP contribution in [-0.4, -0.2) is 69.4 Å². The minimum absolute atomic E-state index is 0.0264. The normalized spacial score (nSPS) is 14.0. The summed E-state index contributed by atoms with van der Waals surface area (Å²) >= 11 is 0. The van der Waals surface area contributed by atoms with Crippen molar-refractivity contribution in [1.29, 1.82) is 0 Å². The number of carbonyl (C=O) groups excluding carboxylic acids is 2. The predicted octanol–water partition coefficient (Wildman–Crippen LogP) is 20.9. The van der Waals surface area contributed by atoms with Crippen molar-refractivity contribution < 1.29 is 37.3 Å². The number of likely N-dealkylation sites (N-methyl/N-ethyl adjacent to an activating group) is 1. The molecular weight excluding hydrogens is 1020 g/mol. The number of phosphoric acid groups is 1. The van der Waals surface area contributed by atoms with Crippen LogP contribution in [0.4, 0.5) is 0 Å². The molecule has 81 heavy (non-hydrogen) atoms. The number of rotatable bonds is 62. The second-order valence-electron chi connectivity index (χ2n) is 24.3. The molecule has 0 aromatic carbocycles. The molecule has 0 fully saturated rings. The highest BCUT2D eigenvalue weighted by molar-refractivity contribution is 7.45. The second kappa shape index (κ2) is 60.6. The molecule has 10 heteroatoms. The molecule has 0 aromatic rings. The van der Waals surface area contributed by atoms with Gasteiger partial charge in [0.05, 0.1) is 33.8 Å². The molecule has 3 atom stereocenters. The minimum Gasteiger partial charge on any atom is -0.756 e. The molecule has 9 nitrogen and oxygen atoms in total. The highest BCUT2D eigenvalue weighted by atomic mass is 31.2. The average molecular weight is 1160 g/mol. The zero-order valence-electron chi connectivity index (χ0n) is 54.0. The zero-order valence-corrected chi connectivity index (χ0v) is 54.9. The molecule has 0 saturated carbocycles. The molecular formula is C71H131N2O7P. The number of nitrogens with one attached hydrogen (secondary N) is 1. The first-order valence-electron chi connectivity index (χ1n) is 34.2. The Labute approximate surface area is 502 Å². The van der Waals surface area contributed by atoms with E-state index in [-0.39, 0.29) is 24.9 Å². The van der Waals surface area contributed by atoms with Gasteiger partial charge in [-0.2, -0.15) is 0 Å². The van der Waals surface area contributed by atoms with Gasteiger partial charge in [0.1, 0.15) is 19.3 Å². The van der Waals surface area contributed by atoms with E-state index < -0.39 is 26.6 Å². The molecule has 0 heterocycles. The van der Waals surface area contributed by atoms with Crippen molar-refractivity contribution in [2.75, 3.05) is 40.9 Å². The van der Waals surface area contributed by atoms with Crippen LogP contribution in [-0.2, 0) is 27.9 Å². The number of carbonyl (C=O) groups is 2. The van der Waals surface area contributed by atoms with Crippen molar-refractivity contribution >= 4 is 19.7 Å². The summed E-state index contributed by atoms with van der Waals surface area (Å²) in [5, 5.41) is 3.03. The van der Waals surface area contributed by atoms with E-state index in [0.717, 1.165) is 103 Å². The Hall–Kier alpha value is -2.55. The van der Waals surface area contributed by atoms with Crippen molar-refractivity contribution in [3.8, 4) is 0 Å². The molecule has 0 spiro atoms. The number of nitrogens with zero attached hydrogens (tertiary/aromatic N) is 1. The van der Waals surface area contributed by atoms with Crippen molar-refractivity contribution in [1.82, 2.24) is 5.32 Å². The maximum Gasteiger partial charge on any atom is 0.306 e. The molecule has 0 aliphatic heterocycles. The quantitative estimate of drug-likeness (QED) is 0.0212. The van der Waals surface area contributed by atoms with E-state index in [2.05, 4.69) is 86.8 Å². The first kappa shape index (κ1) is 78.5. The Kier molecular flexibility index (Phi) is 58.7. The van der Waals surface area contributed by atoms with Gasteiger partial charge >= 0.3 is 5.97 Å². The smallest absolute Gasteiger partial charge is 0.306 e. The lowest BCUT2D eigenvalue weighted by Gasteiger charge is -2.30.